The van der Waals surface area contributed by atoms with Crippen LogP contribution < -0.4 is 0 Å². The highest BCUT2D eigenvalue weighted by Gasteiger charge is 2.26. The molecular formula is C9H8O4S. The van der Waals surface area contributed by atoms with Crippen LogP contribution in [0.1, 0.15) is 10.4 Å². The molecule has 0 spiro atoms. The number of carbonyl (C=O) groups is 1. The zero-order valence-corrected chi connectivity index (χ0v) is 8.08. The molecule has 74 valence electrons. The van der Waals surface area contributed by atoms with Crippen molar-refractivity contribution in [2.75, 3.05) is 12.4 Å². The third-order valence-corrected chi connectivity index (χ3v) is 3.76. The van der Waals surface area contributed by atoms with Crippen LogP contribution in [0.5, 0.6) is 0 Å². The summed E-state index contributed by atoms with van der Waals surface area (Å²) in [7, 11) is -3.36. The molecule has 0 radical (unpaired) electrons. The molecule has 0 fully saturated rings. The van der Waals surface area contributed by atoms with Gasteiger partial charge in [-0.15, -0.1) is 0 Å². The van der Waals surface area contributed by atoms with E-state index in [1.165, 1.54) is 12.1 Å². The van der Waals surface area contributed by atoms with E-state index in [0.717, 1.165) is 0 Å². The van der Waals surface area contributed by atoms with Crippen molar-refractivity contribution in [3.8, 4) is 0 Å². The molecule has 1 aliphatic heterocycles. The topological polar surface area (TPSA) is 60.4 Å². The van der Waals surface area contributed by atoms with E-state index in [2.05, 4.69) is 0 Å². The molecule has 0 saturated carbocycles. The zero-order valence-electron chi connectivity index (χ0n) is 7.26. The molecule has 2 rings (SSSR count). The van der Waals surface area contributed by atoms with Crippen molar-refractivity contribution in [2.45, 2.75) is 4.90 Å². The number of hydrogen-bond acceptors (Lipinski definition) is 4. The molecule has 0 amide bonds. The fraction of sp³-hybridized carbons (Fsp3) is 0.222. The monoisotopic (exact) mass is 212 g/mol. The SMILES string of the molecule is O=C1OCCS(=O)(=O)c2ccccc21. The Hall–Kier alpha value is -1.36. The van der Waals surface area contributed by atoms with Crippen LogP contribution in [0.4, 0.5) is 0 Å². The third-order valence-electron chi connectivity index (χ3n) is 2.03. The summed E-state index contributed by atoms with van der Waals surface area (Å²) in [6, 6.07) is 6.09. The van der Waals surface area contributed by atoms with Crippen molar-refractivity contribution in [3.63, 3.8) is 0 Å². The maximum atomic E-state index is 11.6. The Balaban J connectivity index is 2.71. The molecule has 0 bridgehead atoms. The first kappa shape index (κ1) is 9.21. The van der Waals surface area contributed by atoms with Crippen LogP contribution in [0.3, 0.4) is 0 Å². The Labute approximate surface area is 81.4 Å². The fourth-order valence-corrected chi connectivity index (χ4v) is 2.63. The summed E-state index contributed by atoms with van der Waals surface area (Å²) < 4.78 is 28.0. The van der Waals surface area contributed by atoms with Gasteiger partial charge in [0.15, 0.2) is 9.84 Å². The molecule has 0 aliphatic carbocycles. The van der Waals surface area contributed by atoms with E-state index in [9.17, 15) is 13.2 Å². The second-order valence-corrected chi connectivity index (χ2v) is 5.03. The fourth-order valence-electron chi connectivity index (χ4n) is 1.34. The second-order valence-electron chi connectivity index (χ2n) is 2.95. The van der Waals surface area contributed by atoms with Crippen LogP contribution in [0.2, 0.25) is 0 Å². The quantitative estimate of drug-likeness (QED) is 0.592. The molecule has 1 aromatic rings. The molecular weight excluding hydrogens is 204 g/mol. The van der Waals surface area contributed by atoms with Gasteiger partial charge in [-0.05, 0) is 12.1 Å². The Bertz CT molecular complexity index is 475. The number of carbonyl (C=O) groups excluding carboxylic acids is 1. The van der Waals surface area contributed by atoms with Crippen molar-refractivity contribution in [2.24, 2.45) is 0 Å². The molecule has 0 atom stereocenters. The maximum Gasteiger partial charge on any atom is 0.339 e. The van der Waals surface area contributed by atoms with Gasteiger partial charge in [-0.2, -0.15) is 0 Å². The number of rotatable bonds is 0. The van der Waals surface area contributed by atoms with Gasteiger partial charge in [0.05, 0.1) is 16.2 Å². The highest BCUT2D eigenvalue weighted by molar-refractivity contribution is 7.91. The molecule has 1 heterocycles. The van der Waals surface area contributed by atoms with Crippen LogP contribution in [0.25, 0.3) is 0 Å². The number of fused-ring (bicyclic) bond motifs is 1. The van der Waals surface area contributed by atoms with E-state index in [1.54, 1.807) is 12.1 Å². The predicted octanol–water partition coefficient (Wildman–Crippen LogP) is 0.631. The lowest BCUT2D eigenvalue weighted by molar-refractivity contribution is 0.0530. The minimum absolute atomic E-state index is 0.0718. The number of cyclic esters (lactones) is 1. The second kappa shape index (κ2) is 3.09. The number of esters is 1. The largest absolute Gasteiger partial charge is 0.461 e. The predicted molar refractivity (Wildman–Crippen MR) is 48.8 cm³/mol. The summed E-state index contributed by atoms with van der Waals surface area (Å²) in [4.78, 5) is 11.4. The first-order chi connectivity index (χ1) is 6.61. The Morgan fingerprint density at radius 2 is 1.93 bits per heavy atom. The molecule has 1 aliphatic rings. The molecule has 0 saturated heterocycles. The molecule has 1 aromatic carbocycles. The highest BCUT2D eigenvalue weighted by atomic mass is 32.2. The van der Waals surface area contributed by atoms with Crippen molar-refractivity contribution in [1.29, 1.82) is 0 Å². The first-order valence-electron chi connectivity index (χ1n) is 4.10. The van der Waals surface area contributed by atoms with Crippen LogP contribution >= 0.6 is 0 Å². The van der Waals surface area contributed by atoms with Gasteiger partial charge in [-0.1, -0.05) is 12.1 Å². The van der Waals surface area contributed by atoms with Crippen molar-refractivity contribution >= 4 is 15.8 Å². The molecule has 14 heavy (non-hydrogen) atoms. The Morgan fingerprint density at radius 3 is 2.71 bits per heavy atom. The summed E-state index contributed by atoms with van der Waals surface area (Å²) in [6.45, 7) is -0.0736. The summed E-state index contributed by atoms with van der Waals surface area (Å²) in [6.07, 6.45) is 0. The average Bonchev–Trinajstić information content (AvgIpc) is 2.27. The van der Waals surface area contributed by atoms with E-state index in [0.29, 0.717) is 0 Å². The smallest absolute Gasteiger partial charge is 0.339 e. The van der Waals surface area contributed by atoms with E-state index in [-0.39, 0.29) is 22.8 Å². The lowest BCUT2D eigenvalue weighted by Gasteiger charge is -2.01. The number of benzene rings is 1. The average molecular weight is 212 g/mol. The van der Waals surface area contributed by atoms with Crippen molar-refractivity contribution in [1.82, 2.24) is 0 Å². The summed E-state index contributed by atoms with van der Waals surface area (Å²) in [5, 5.41) is 0. The summed E-state index contributed by atoms with van der Waals surface area (Å²) in [5.74, 6) is -0.711. The molecule has 5 heteroatoms. The van der Waals surface area contributed by atoms with Crippen LogP contribution in [0, 0.1) is 0 Å². The van der Waals surface area contributed by atoms with Crippen LogP contribution in [0.15, 0.2) is 29.2 Å². The van der Waals surface area contributed by atoms with Gasteiger partial charge in [0.2, 0.25) is 0 Å². The minimum atomic E-state index is -3.36. The van der Waals surface area contributed by atoms with E-state index in [4.69, 9.17) is 4.74 Å². The van der Waals surface area contributed by atoms with E-state index < -0.39 is 15.8 Å². The van der Waals surface area contributed by atoms with Gasteiger partial charge in [0, 0.05) is 0 Å². The van der Waals surface area contributed by atoms with Gasteiger partial charge in [0.1, 0.15) is 6.61 Å². The maximum absolute atomic E-state index is 11.6. The zero-order chi connectivity index (χ0) is 10.2. The van der Waals surface area contributed by atoms with E-state index >= 15 is 0 Å². The minimum Gasteiger partial charge on any atom is -0.461 e. The van der Waals surface area contributed by atoms with Crippen LogP contribution in [-0.4, -0.2) is 26.7 Å². The molecule has 4 nitrogen and oxygen atoms in total. The summed E-state index contributed by atoms with van der Waals surface area (Å²) >= 11 is 0. The van der Waals surface area contributed by atoms with Gasteiger partial charge >= 0.3 is 5.97 Å². The Kier molecular flexibility index (Phi) is 2.03. The van der Waals surface area contributed by atoms with Crippen molar-refractivity contribution < 1.29 is 17.9 Å². The molecule has 0 aromatic heterocycles. The lowest BCUT2D eigenvalue weighted by Crippen LogP contribution is -2.08. The standard InChI is InChI=1S/C9H8O4S/c10-9-7-3-1-2-4-8(7)14(11,12)6-5-13-9/h1-4H,5-6H2. The number of hydrogen-bond donors (Lipinski definition) is 0. The number of sulfone groups is 1. The number of ether oxygens (including phenoxy) is 1. The van der Waals surface area contributed by atoms with Gasteiger partial charge in [0.25, 0.3) is 0 Å². The molecule has 0 N–H and O–H groups in total. The first-order valence-corrected chi connectivity index (χ1v) is 5.75. The highest BCUT2D eigenvalue weighted by Crippen LogP contribution is 2.20. The van der Waals surface area contributed by atoms with Gasteiger partial charge in [-0.3, -0.25) is 0 Å². The third kappa shape index (κ3) is 1.39. The van der Waals surface area contributed by atoms with E-state index in [1.807, 2.05) is 0 Å². The van der Waals surface area contributed by atoms with Gasteiger partial charge < -0.3 is 4.74 Å². The van der Waals surface area contributed by atoms with Gasteiger partial charge in [-0.25, -0.2) is 13.2 Å². The summed E-state index contributed by atoms with van der Waals surface area (Å²) in [5.41, 5.74) is 0.130. The molecule has 0 unspecified atom stereocenters. The van der Waals surface area contributed by atoms with Crippen molar-refractivity contribution in [3.05, 3.63) is 29.8 Å². The normalized spacial score (nSPS) is 19.3. The Morgan fingerprint density at radius 1 is 1.21 bits per heavy atom. The lowest BCUT2D eigenvalue weighted by atomic mass is 10.2. The van der Waals surface area contributed by atoms with Crippen LogP contribution in [-0.2, 0) is 14.6 Å².